The number of benzene rings is 1. The average molecular weight is 351 g/mol. The molecule has 2 aromatic heterocycles. The van der Waals surface area contributed by atoms with Gasteiger partial charge in [0.25, 0.3) is 0 Å². The number of thiophene rings is 1. The second-order valence-corrected chi connectivity index (χ2v) is 5.96. The van der Waals surface area contributed by atoms with Gasteiger partial charge in [0.05, 0.1) is 17.6 Å². The molecule has 0 bridgehead atoms. The van der Waals surface area contributed by atoms with Gasteiger partial charge in [-0.3, -0.25) is 0 Å². The lowest BCUT2D eigenvalue weighted by atomic mass is 10.1. The highest BCUT2D eigenvalue weighted by Gasteiger charge is 2.19. The predicted octanol–water partition coefficient (Wildman–Crippen LogP) is 4.42. The van der Waals surface area contributed by atoms with Gasteiger partial charge in [0, 0.05) is 15.9 Å². The lowest BCUT2D eigenvalue weighted by Gasteiger charge is -2.01. The maximum absolute atomic E-state index is 5.93. The molecule has 0 aliphatic heterocycles. The monoisotopic (exact) mass is 350 g/mol. The summed E-state index contributed by atoms with van der Waals surface area (Å²) in [7, 11) is 1.64. The van der Waals surface area contributed by atoms with Gasteiger partial charge < -0.3 is 15.0 Å². The van der Waals surface area contributed by atoms with Gasteiger partial charge in [-0.2, -0.15) is 0 Å². The first-order valence-electron chi connectivity index (χ1n) is 5.83. The fraction of sp³-hybridized carbons (Fsp3) is 0.0714. The van der Waals surface area contributed by atoms with Crippen LogP contribution in [0.1, 0.15) is 0 Å². The van der Waals surface area contributed by atoms with Crippen LogP contribution < -0.4 is 10.5 Å². The number of nitrogens with two attached hydrogens (primary N) is 1. The maximum Gasteiger partial charge on any atom is 0.230 e. The van der Waals surface area contributed by atoms with Crippen LogP contribution in [0.4, 0.5) is 5.88 Å². The van der Waals surface area contributed by atoms with Crippen LogP contribution in [0.15, 0.2) is 44.7 Å². The molecule has 20 heavy (non-hydrogen) atoms. The highest BCUT2D eigenvalue weighted by Crippen LogP contribution is 2.40. The van der Waals surface area contributed by atoms with Crippen molar-refractivity contribution in [3.63, 3.8) is 0 Å². The third-order valence-electron chi connectivity index (χ3n) is 2.88. The van der Waals surface area contributed by atoms with Gasteiger partial charge in [-0.15, -0.1) is 11.3 Å². The van der Waals surface area contributed by atoms with E-state index in [0.717, 1.165) is 31.9 Å². The zero-order valence-electron chi connectivity index (χ0n) is 10.6. The van der Waals surface area contributed by atoms with Crippen molar-refractivity contribution in [3.05, 3.63) is 40.2 Å². The molecular formula is C14H11BrN2O2S. The topological polar surface area (TPSA) is 61.3 Å². The fourth-order valence-electron chi connectivity index (χ4n) is 1.94. The van der Waals surface area contributed by atoms with Crippen LogP contribution in [-0.2, 0) is 0 Å². The van der Waals surface area contributed by atoms with Crippen molar-refractivity contribution >= 4 is 33.2 Å². The average Bonchev–Trinajstić information content (AvgIpc) is 3.04. The van der Waals surface area contributed by atoms with E-state index < -0.39 is 0 Å². The SMILES string of the molecule is COc1csc(-c2noc(N)c2-c2cccc(Br)c2)c1. The van der Waals surface area contributed by atoms with Crippen molar-refractivity contribution < 1.29 is 9.26 Å². The minimum Gasteiger partial charge on any atom is -0.496 e. The lowest BCUT2D eigenvalue weighted by molar-refractivity contribution is 0.416. The molecule has 0 saturated heterocycles. The molecule has 6 heteroatoms. The summed E-state index contributed by atoms with van der Waals surface area (Å²) in [6.07, 6.45) is 0. The van der Waals surface area contributed by atoms with Crippen molar-refractivity contribution in [1.29, 1.82) is 0 Å². The molecule has 0 fully saturated rings. The number of nitrogens with zero attached hydrogens (tertiary/aromatic N) is 1. The Balaban J connectivity index is 2.14. The second kappa shape index (κ2) is 5.30. The molecule has 4 nitrogen and oxygen atoms in total. The van der Waals surface area contributed by atoms with Gasteiger partial charge >= 0.3 is 0 Å². The molecule has 3 rings (SSSR count). The number of methoxy groups -OCH3 is 1. The Kier molecular flexibility index (Phi) is 3.50. The quantitative estimate of drug-likeness (QED) is 0.759. The molecule has 0 spiro atoms. The van der Waals surface area contributed by atoms with Gasteiger partial charge in [0.1, 0.15) is 11.4 Å². The van der Waals surface area contributed by atoms with Gasteiger partial charge in [0.2, 0.25) is 5.88 Å². The van der Waals surface area contributed by atoms with Crippen molar-refractivity contribution in [3.8, 4) is 27.4 Å². The van der Waals surface area contributed by atoms with E-state index in [1.165, 1.54) is 11.3 Å². The van der Waals surface area contributed by atoms with Gasteiger partial charge in [-0.25, -0.2) is 0 Å². The third-order valence-corrected chi connectivity index (χ3v) is 4.28. The molecule has 0 unspecified atom stereocenters. The molecule has 2 N–H and O–H groups in total. The number of aromatic nitrogens is 1. The summed E-state index contributed by atoms with van der Waals surface area (Å²) in [5.41, 5.74) is 8.42. The number of anilines is 1. The molecule has 2 heterocycles. The van der Waals surface area contributed by atoms with Crippen LogP contribution in [0.3, 0.4) is 0 Å². The number of ether oxygens (including phenoxy) is 1. The standard InChI is InChI=1S/C14H11BrN2O2S/c1-18-10-6-11(20-7-10)13-12(14(16)19-17-13)8-3-2-4-9(15)5-8/h2-7H,16H2,1H3. The Hall–Kier alpha value is -1.79. The summed E-state index contributed by atoms with van der Waals surface area (Å²) < 4.78 is 11.3. The minimum atomic E-state index is 0.311. The summed E-state index contributed by atoms with van der Waals surface area (Å²) >= 11 is 5.00. The zero-order valence-corrected chi connectivity index (χ0v) is 13.0. The Morgan fingerprint density at radius 1 is 1.35 bits per heavy atom. The van der Waals surface area contributed by atoms with Crippen LogP contribution in [0, 0.1) is 0 Å². The van der Waals surface area contributed by atoms with E-state index >= 15 is 0 Å². The highest BCUT2D eigenvalue weighted by molar-refractivity contribution is 9.10. The number of rotatable bonds is 3. The maximum atomic E-state index is 5.93. The lowest BCUT2D eigenvalue weighted by Crippen LogP contribution is -1.86. The predicted molar refractivity (Wildman–Crippen MR) is 83.9 cm³/mol. The molecule has 0 amide bonds. The molecule has 0 radical (unpaired) electrons. The normalized spacial score (nSPS) is 10.7. The van der Waals surface area contributed by atoms with E-state index in [1.807, 2.05) is 35.7 Å². The van der Waals surface area contributed by atoms with Gasteiger partial charge in [0.15, 0.2) is 0 Å². The molecule has 3 aromatic rings. The van der Waals surface area contributed by atoms with Crippen LogP contribution in [0.25, 0.3) is 21.7 Å². The molecular weight excluding hydrogens is 340 g/mol. The van der Waals surface area contributed by atoms with E-state index in [4.69, 9.17) is 15.0 Å². The summed E-state index contributed by atoms with van der Waals surface area (Å²) in [6, 6.07) is 9.79. The zero-order chi connectivity index (χ0) is 14.1. The number of hydrogen-bond acceptors (Lipinski definition) is 5. The molecule has 0 saturated carbocycles. The van der Waals surface area contributed by atoms with E-state index in [0.29, 0.717) is 5.88 Å². The van der Waals surface area contributed by atoms with Crippen molar-refractivity contribution in [2.24, 2.45) is 0 Å². The first kappa shape index (κ1) is 13.2. The first-order valence-corrected chi connectivity index (χ1v) is 7.50. The largest absolute Gasteiger partial charge is 0.496 e. The van der Waals surface area contributed by atoms with Crippen molar-refractivity contribution in [1.82, 2.24) is 5.16 Å². The fourth-order valence-corrected chi connectivity index (χ4v) is 3.19. The van der Waals surface area contributed by atoms with E-state index in [1.54, 1.807) is 7.11 Å². The summed E-state index contributed by atoms with van der Waals surface area (Å²) in [6.45, 7) is 0. The Morgan fingerprint density at radius 2 is 2.20 bits per heavy atom. The smallest absolute Gasteiger partial charge is 0.230 e. The molecule has 0 aliphatic carbocycles. The summed E-state index contributed by atoms with van der Waals surface area (Å²) in [5, 5.41) is 6.00. The van der Waals surface area contributed by atoms with E-state index in [2.05, 4.69) is 21.1 Å². The Morgan fingerprint density at radius 3 is 2.90 bits per heavy atom. The summed E-state index contributed by atoms with van der Waals surface area (Å²) in [5.74, 6) is 1.11. The number of hydrogen-bond donors (Lipinski definition) is 1. The van der Waals surface area contributed by atoms with E-state index in [-0.39, 0.29) is 0 Å². The van der Waals surface area contributed by atoms with Crippen molar-refractivity contribution in [2.75, 3.05) is 12.8 Å². The van der Waals surface area contributed by atoms with Crippen LogP contribution in [0.2, 0.25) is 0 Å². The van der Waals surface area contributed by atoms with Crippen molar-refractivity contribution in [2.45, 2.75) is 0 Å². The second-order valence-electron chi connectivity index (χ2n) is 4.13. The highest BCUT2D eigenvalue weighted by atomic mass is 79.9. The molecule has 0 atom stereocenters. The number of nitrogen functional groups attached to an aromatic ring is 1. The van der Waals surface area contributed by atoms with Gasteiger partial charge in [-0.1, -0.05) is 33.2 Å². The van der Waals surface area contributed by atoms with Crippen LogP contribution >= 0.6 is 27.3 Å². The van der Waals surface area contributed by atoms with Crippen LogP contribution in [0.5, 0.6) is 5.75 Å². The minimum absolute atomic E-state index is 0.311. The third kappa shape index (κ3) is 2.32. The molecule has 1 aromatic carbocycles. The first-order chi connectivity index (χ1) is 9.69. The Bertz CT molecular complexity index is 751. The Labute approximate surface area is 128 Å². The number of halogens is 1. The van der Waals surface area contributed by atoms with E-state index in [9.17, 15) is 0 Å². The van der Waals surface area contributed by atoms with Gasteiger partial charge in [-0.05, 0) is 17.7 Å². The molecule has 102 valence electrons. The molecule has 0 aliphatic rings. The van der Waals surface area contributed by atoms with Crippen LogP contribution in [-0.4, -0.2) is 12.3 Å². The summed E-state index contributed by atoms with van der Waals surface area (Å²) in [4.78, 5) is 0.956.